The van der Waals surface area contributed by atoms with Crippen molar-refractivity contribution in [2.24, 2.45) is 0 Å². The monoisotopic (exact) mass is 409 g/mol. The molecule has 4 rings (SSSR count). The summed E-state index contributed by atoms with van der Waals surface area (Å²) in [5.74, 6) is 0.0653. The van der Waals surface area contributed by atoms with Gasteiger partial charge in [0.2, 0.25) is 5.91 Å². The fourth-order valence-corrected chi connectivity index (χ4v) is 5.06. The van der Waals surface area contributed by atoms with Crippen molar-refractivity contribution >= 4 is 22.6 Å². The lowest BCUT2D eigenvalue weighted by atomic mass is 9.87. The first-order valence-electron chi connectivity index (χ1n) is 10.9. The predicted molar refractivity (Wildman–Crippen MR) is 118 cm³/mol. The normalized spacial score (nSPS) is 22.4. The largest absolute Gasteiger partial charge is 0.507 e. The van der Waals surface area contributed by atoms with E-state index in [0.29, 0.717) is 25.2 Å². The molecule has 160 valence electrons. The second kappa shape index (κ2) is 8.26. The molecule has 0 aromatic heterocycles. The van der Waals surface area contributed by atoms with E-state index in [1.165, 1.54) is 0 Å². The Balaban J connectivity index is 1.51. The third kappa shape index (κ3) is 3.88. The van der Waals surface area contributed by atoms with Gasteiger partial charge < -0.3 is 14.9 Å². The van der Waals surface area contributed by atoms with Crippen LogP contribution < -0.4 is 0 Å². The third-order valence-corrected chi connectivity index (χ3v) is 6.86. The van der Waals surface area contributed by atoms with Crippen molar-refractivity contribution in [2.45, 2.75) is 37.6 Å². The van der Waals surface area contributed by atoms with E-state index in [1.54, 1.807) is 31.1 Å². The summed E-state index contributed by atoms with van der Waals surface area (Å²) in [5.41, 5.74) is 0.377. The highest BCUT2D eigenvalue weighted by atomic mass is 16.3. The zero-order chi connectivity index (χ0) is 21.3. The van der Waals surface area contributed by atoms with Gasteiger partial charge in [-0.2, -0.15) is 0 Å². The molecule has 1 spiro atoms. The maximum absolute atomic E-state index is 13.3. The molecule has 2 saturated heterocycles. The highest BCUT2D eigenvalue weighted by molar-refractivity contribution is 6.01. The molecule has 2 fully saturated rings. The number of likely N-dealkylation sites (N-methyl/N-ethyl adjacent to an activating group) is 1. The number of likely N-dealkylation sites (tertiary alicyclic amines) is 2. The molecule has 2 heterocycles. The van der Waals surface area contributed by atoms with Gasteiger partial charge in [0.25, 0.3) is 5.91 Å². The zero-order valence-corrected chi connectivity index (χ0v) is 17.9. The molecule has 1 N–H and O–H groups in total. The van der Waals surface area contributed by atoms with Crippen LogP contribution in [0.25, 0.3) is 10.8 Å². The molecule has 6 nitrogen and oxygen atoms in total. The molecule has 6 heteroatoms. The second-order valence-electron chi connectivity index (χ2n) is 8.90. The van der Waals surface area contributed by atoms with Crippen LogP contribution in [-0.2, 0) is 4.79 Å². The fourth-order valence-electron chi connectivity index (χ4n) is 5.06. The number of hydrogen-bond acceptors (Lipinski definition) is 4. The molecule has 0 saturated carbocycles. The number of rotatable bonds is 3. The lowest BCUT2D eigenvalue weighted by Gasteiger charge is -2.38. The van der Waals surface area contributed by atoms with Gasteiger partial charge in [0.05, 0.1) is 12.1 Å². The van der Waals surface area contributed by atoms with Crippen LogP contribution in [0.4, 0.5) is 0 Å². The van der Waals surface area contributed by atoms with E-state index in [-0.39, 0.29) is 23.1 Å². The minimum absolute atomic E-state index is 0.00608. The Bertz CT molecular complexity index is 958. The molecule has 2 aromatic carbocycles. The minimum Gasteiger partial charge on any atom is -0.507 e. The lowest BCUT2D eigenvalue weighted by Crippen LogP contribution is -2.48. The number of nitrogens with zero attached hydrogens (tertiary/aromatic N) is 3. The quantitative estimate of drug-likeness (QED) is 0.846. The Morgan fingerprint density at radius 2 is 1.67 bits per heavy atom. The summed E-state index contributed by atoms with van der Waals surface area (Å²) in [6, 6.07) is 11.2. The molecular formula is C24H31N3O3. The van der Waals surface area contributed by atoms with Crippen LogP contribution in [0.15, 0.2) is 36.4 Å². The Hall–Kier alpha value is -2.60. The molecule has 2 aliphatic rings. The predicted octanol–water partition coefficient (Wildman–Crippen LogP) is 3.09. The van der Waals surface area contributed by atoms with Crippen LogP contribution in [0.3, 0.4) is 0 Å². The number of benzene rings is 2. The number of aromatic hydroxyl groups is 1. The van der Waals surface area contributed by atoms with E-state index in [0.717, 1.165) is 49.4 Å². The number of amides is 2. The van der Waals surface area contributed by atoms with Gasteiger partial charge in [-0.15, -0.1) is 0 Å². The average Bonchev–Trinajstić information content (AvgIpc) is 2.97. The lowest BCUT2D eigenvalue weighted by molar-refractivity contribution is -0.131. The maximum atomic E-state index is 13.3. The molecule has 2 aliphatic heterocycles. The summed E-state index contributed by atoms with van der Waals surface area (Å²) in [7, 11) is 3.60. The number of phenolic OH excluding ortho intramolecular Hbond substituents is 1. The highest BCUT2D eigenvalue weighted by Crippen LogP contribution is 2.39. The smallest absolute Gasteiger partial charge is 0.257 e. The number of fused-ring (bicyclic) bond motifs is 1. The van der Waals surface area contributed by atoms with Gasteiger partial charge in [0.15, 0.2) is 0 Å². The van der Waals surface area contributed by atoms with E-state index in [9.17, 15) is 14.7 Å². The van der Waals surface area contributed by atoms with Crippen LogP contribution in [0, 0.1) is 0 Å². The molecule has 0 radical (unpaired) electrons. The first kappa shape index (κ1) is 20.7. The first-order valence-corrected chi connectivity index (χ1v) is 10.9. The van der Waals surface area contributed by atoms with E-state index in [2.05, 4.69) is 4.90 Å². The zero-order valence-electron chi connectivity index (χ0n) is 17.9. The Morgan fingerprint density at radius 1 is 1.00 bits per heavy atom. The topological polar surface area (TPSA) is 64.1 Å². The molecule has 0 aliphatic carbocycles. The third-order valence-electron chi connectivity index (χ3n) is 6.86. The van der Waals surface area contributed by atoms with Crippen molar-refractivity contribution in [2.75, 3.05) is 40.3 Å². The number of hydrogen-bond donors (Lipinski definition) is 1. The van der Waals surface area contributed by atoms with Gasteiger partial charge in [0.1, 0.15) is 5.75 Å². The standard InChI is InChI=1S/C24H31N3O3/c1-25(2)22(29)17-27-13-6-10-24(27)9-5-12-26(14-11-24)23(30)20-15-18-7-3-4-8-19(18)16-21(20)28/h3-4,7-8,15-16,28H,5-6,9-14,17H2,1-2H3/t24-/m1/s1. The maximum Gasteiger partial charge on any atom is 0.257 e. The van der Waals surface area contributed by atoms with Crippen molar-refractivity contribution in [3.8, 4) is 5.75 Å². The van der Waals surface area contributed by atoms with Gasteiger partial charge >= 0.3 is 0 Å². The van der Waals surface area contributed by atoms with Gasteiger partial charge in [-0.05, 0) is 61.6 Å². The Labute approximate surface area is 178 Å². The molecule has 2 amide bonds. The van der Waals surface area contributed by atoms with Crippen LogP contribution in [0.1, 0.15) is 42.5 Å². The van der Waals surface area contributed by atoms with Crippen LogP contribution in [0.5, 0.6) is 5.75 Å². The Kier molecular flexibility index (Phi) is 5.69. The minimum atomic E-state index is -0.107. The summed E-state index contributed by atoms with van der Waals surface area (Å²) in [5, 5.41) is 12.4. The van der Waals surface area contributed by atoms with Crippen molar-refractivity contribution in [1.29, 1.82) is 0 Å². The molecule has 30 heavy (non-hydrogen) atoms. The van der Waals surface area contributed by atoms with E-state index >= 15 is 0 Å². The number of carbonyl (C=O) groups is 2. The summed E-state index contributed by atoms with van der Waals surface area (Å²) in [6.45, 7) is 2.73. The van der Waals surface area contributed by atoms with Gasteiger partial charge in [-0.1, -0.05) is 24.3 Å². The summed E-state index contributed by atoms with van der Waals surface area (Å²) < 4.78 is 0. The average molecular weight is 410 g/mol. The second-order valence-corrected chi connectivity index (χ2v) is 8.90. The Morgan fingerprint density at radius 3 is 2.37 bits per heavy atom. The molecule has 0 bridgehead atoms. The number of carbonyl (C=O) groups excluding carboxylic acids is 2. The van der Waals surface area contributed by atoms with Gasteiger partial charge in [0, 0.05) is 32.7 Å². The number of phenols is 1. The molecule has 0 unspecified atom stereocenters. The van der Waals surface area contributed by atoms with Crippen molar-refractivity contribution in [1.82, 2.24) is 14.7 Å². The van der Waals surface area contributed by atoms with Crippen LogP contribution >= 0.6 is 0 Å². The van der Waals surface area contributed by atoms with Crippen LogP contribution in [-0.4, -0.2) is 77.4 Å². The SMILES string of the molecule is CN(C)C(=O)CN1CCC[C@@]12CCCN(C(=O)c1cc3ccccc3cc1O)CC2. The van der Waals surface area contributed by atoms with E-state index in [1.807, 2.05) is 29.2 Å². The highest BCUT2D eigenvalue weighted by Gasteiger charge is 2.43. The summed E-state index contributed by atoms with van der Waals surface area (Å²) >= 11 is 0. The summed E-state index contributed by atoms with van der Waals surface area (Å²) in [4.78, 5) is 31.4. The summed E-state index contributed by atoms with van der Waals surface area (Å²) in [6.07, 6.45) is 4.96. The van der Waals surface area contributed by atoms with E-state index in [4.69, 9.17) is 0 Å². The molecule has 2 aromatic rings. The van der Waals surface area contributed by atoms with Crippen molar-refractivity contribution in [3.63, 3.8) is 0 Å². The van der Waals surface area contributed by atoms with Crippen molar-refractivity contribution in [3.05, 3.63) is 42.0 Å². The van der Waals surface area contributed by atoms with Gasteiger partial charge in [-0.3, -0.25) is 14.5 Å². The first-order chi connectivity index (χ1) is 14.4. The van der Waals surface area contributed by atoms with Crippen LogP contribution in [0.2, 0.25) is 0 Å². The fraction of sp³-hybridized carbons (Fsp3) is 0.500. The van der Waals surface area contributed by atoms with E-state index < -0.39 is 0 Å². The van der Waals surface area contributed by atoms with Crippen molar-refractivity contribution < 1.29 is 14.7 Å². The van der Waals surface area contributed by atoms with Gasteiger partial charge in [-0.25, -0.2) is 0 Å². The molecule has 1 atom stereocenters. The molecular weight excluding hydrogens is 378 g/mol.